The zero-order valence-corrected chi connectivity index (χ0v) is 12.2. The Morgan fingerprint density at radius 3 is 2.72 bits per heavy atom. The Bertz CT molecular complexity index is 581. The molecule has 2 N–H and O–H groups in total. The molecule has 0 saturated heterocycles. The monoisotopic (exact) mass is 282 g/mol. The van der Waals surface area contributed by atoms with Crippen molar-refractivity contribution in [3.63, 3.8) is 0 Å². The first-order valence-corrected chi connectivity index (χ1v) is 6.94. The van der Waals surface area contributed by atoms with Crippen molar-refractivity contribution in [2.45, 2.75) is 20.8 Å². The van der Waals surface area contributed by atoms with E-state index in [1.165, 1.54) is 11.3 Å². The van der Waals surface area contributed by atoms with E-state index in [2.05, 4.69) is 4.98 Å². The van der Waals surface area contributed by atoms with Crippen LogP contribution in [0.3, 0.4) is 0 Å². The minimum atomic E-state index is 0.545. The fourth-order valence-electron chi connectivity index (χ4n) is 1.91. The number of halogens is 1. The molecule has 5 heteroatoms. The van der Waals surface area contributed by atoms with E-state index in [1.807, 2.05) is 32.2 Å². The van der Waals surface area contributed by atoms with Crippen LogP contribution in [0.4, 0.5) is 5.13 Å². The molecule has 1 aromatic carbocycles. The average Bonchev–Trinajstić information content (AvgIpc) is 2.73. The van der Waals surface area contributed by atoms with Gasteiger partial charge in [-0.2, -0.15) is 0 Å². The Kier molecular flexibility index (Phi) is 3.78. The molecule has 0 aliphatic carbocycles. The molecular formula is C13H15ClN2OS. The van der Waals surface area contributed by atoms with Gasteiger partial charge in [0.15, 0.2) is 5.13 Å². The molecule has 0 saturated carbocycles. The van der Waals surface area contributed by atoms with Crippen molar-refractivity contribution in [3.05, 3.63) is 27.6 Å². The van der Waals surface area contributed by atoms with E-state index in [0.717, 1.165) is 33.2 Å². The second-order valence-corrected chi connectivity index (χ2v) is 5.28. The zero-order valence-electron chi connectivity index (χ0n) is 10.6. The third-order valence-electron chi connectivity index (χ3n) is 2.72. The summed E-state index contributed by atoms with van der Waals surface area (Å²) in [5, 5.41) is 3.22. The molecule has 0 aliphatic heterocycles. The van der Waals surface area contributed by atoms with Gasteiger partial charge in [-0.15, -0.1) is 11.3 Å². The molecule has 0 atom stereocenters. The molecule has 0 fully saturated rings. The summed E-state index contributed by atoms with van der Waals surface area (Å²) in [7, 11) is 0. The SMILES string of the molecule is CCOc1cc(C)c(Cl)c(C)c1-c1csc(N)n1. The lowest BCUT2D eigenvalue weighted by molar-refractivity contribution is 0.341. The Morgan fingerprint density at radius 2 is 2.17 bits per heavy atom. The minimum Gasteiger partial charge on any atom is -0.493 e. The Labute approximate surface area is 116 Å². The quantitative estimate of drug-likeness (QED) is 0.923. The predicted octanol–water partition coefficient (Wildman–Crippen LogP) is 4.06. The third kappa shape index (κ3) is 2.31. The van der Waals surface area contributed by atoms with E-state index in [4.69, 9.17) is 22.1 Å². The highest BCUT2D eigenvalue weighted by Gasteiger charge is 2.16. The molecule has 96 valence electrons. The maximum absolute atomic E-state index is 6.30. The summed E-state index contributed by atoms with van der Waals surface area (Å²) < 4.78 is 5.68. The fraction of sp³-hybridized carbons (Fsp3) is 0.308. The maximum Gasteiger partial charge on any atom is 0.180 e. The number of aryl methyl sites for hydroxylation is 1. The van der Waals surface area contributed by atoms with Gasteiger partial charge in [0.1, 0.15) is 5.75 Å². The smallest absolute Gasteiger partial charge is 0.180 e. The highest BCUT2D eigenvalue weighted by Crippen LogP contribution is 2.39. The Morgan fingerprint density at radius 1 is 1.44 bits per heavy atom. The Hall–Kier alpha value is -1.26. The number of anilines is 1. The molecule has 1 aromatic heterocycles. The number of rotatable bonds is 3. The van der Waals surface area contributed by atoms with Crippen LogP contribution in [-0.2, 0) is 0 Å². The molecule has 0 aliphatic rings. The van der Waals surface area contributed by atoms with Gasteiger partial charge < -0.3 is 10.5 Å². The molecule has 0 amide bonds. The summed E-state index contributed by atoms with van der Waals surface area (Å²) in [5.41, 5.74) is 9.42. The molecular weight excluding hydrogens is 268 g/mol. The van der Waals surface area contributed by atoms with Crippen LogP contribution in [-0.4, -0.2) is 11.6 Å². The summed E-state index contributed by atoms with van der Waals surface area (Å²) in [5.74, 6) is 0.808. The number of benzene rings is 1. The highest BCUT2D eigenvalue weighted by atomic mass is 35.5. The fourth-order valence-corrected chi connectivity index (χ4v) is 2.62. The van der Waals surface area contributed by atoms with Crippen LogP contribution >= 0.6 is 22.9 Å². The van der Waals surface area contributed by atoms with Crippen LogP contribution in [0.2, 0.25) is 5.02 Å². The summed E-state index contributed by atoms with van der Waals surface area (Å²) in [6.07, 6.45) is 0. The van der Waals surface area contributed by atoms with E-state index in [-0.39, 0.29) is 0 Å². The van der Waals surface area contributed by atoms with Crippen molar-refractivity contribution in [2.75, 3.05) is 12.3 Å². The zero-order chi connectivity index (χ0) is 13.3. The van der Waals surface area contributed by atoms with Gasteiger partial charge in [0, 0.05) is 16.0 Å². The number of hydrogen-bond donors (Lipinski definition) is 1. The standard InChI is InChI=1S/C13H15ClN2OS/c1-4-17-10-5-7(2)12(14)8(3)11(10)9-6-18-13(15)16-9/h5-6H,4H2,1-3H3,(H2,15,16). The first kappa shape index (κ1) is 13.2. The second kappa shape index (κ2) is 5.16. The van der Waals surface area contributed by atoms with Crippen molar-refractivity contribution >= 4 is 28.1 Å². The molecule has 1 heterocycles. The van der Waals surface area contributed by atoms with E-state index in [0.29, 0.717) is 11.7 Å². The molecule has 0 bridgehead atoms. The number of thiazole rings is 1. The van der Waals surface area contributed by atoms with Gasteiger partial charge in [-0.05, 0) is 38.0 Å². The van der Waals surface area contributed by atoms with Crippen molar-refractivity contribution in [3.8, 4) is 17.0 Å². The molecule has 3 nitrogen and oxygen atoms in total. The van der Waals surface area contributed by atoms with E-state index in [1.54, 1.807) is 0 Å². The maximum atomic E-state index is 6.30. The van der Waals surface area contributed by atoms with Crippen LogP contribution in [0.1, 0.15) is 18.1 Å². The number of hydrogen-bond acceptors (Lipinski definition) is 4. The van der Waals surface area contributed by atoms with Crippen molar-refractivity contribution in [2.24, 2.45) is 0 Å². The van der Waals surface area contributed by atoms with Gasteiger partial charge in [0.2, 0.25) is 0 Å². The molecule has 2 rings (SSSR count). The minimum absolute atomic E-state index is 0.545. The number of nitrogen functional groups attached to an aromatic ring is 1. The van der Waals surface area contributed by atoms with Crippen molar-refractivity contribution in [1.82, 2.24) is 4.98 Å². The van der Waals surface area contributed by atoms with E-state index < -0.39 is 0 Å². The van der Waals surface area contributed by atoms with E-state index in [9.17, 15) is 0 Å². The average molecular weight is 283 g/mol. The molecule has 0 spiro atoms. The molecule has 18 heavy (non-hydrogen) atoms. The topological polar surface area (TPSA) is 48.1 Å². The molecule has 0 radical (unpaired) electrons. The van der Waals surface area contributed by atoms with Crippen LogP contribution in [0.25, 0.3) is 11.3 Å². The van der Waals surface area contributed by atoms with Gasteiger partial charge in [0.05, 0.1) is 12.3 Å². The van der Waals surface area contributed by atoms with Crippen LogP contribution < -0.4 is 10.5 Å². The van der Waals surface area contributed by atoms with Gasteiger partial charge in [0.25, 0.3) is 0 Å². The van der Waals surface area contributed by atoms with Crippen LogP contribution in [0.15, 0.2) is 11.4 Å². The Balaban J connectivity index is 2.66. The normalized spacial score (nSPS) is 10.7. The van der Waals surface area contributed by atoms with Crippen LogP contribution in [0.5, 0.6) is 5.75 Å². The summed E-state index contributed by atoms with van der Waals surface area (Å²) in [6, 6.07) is 1.95. The van der Waals surface area contributed by atoms with E-state index >= 15 is 0 Å². The number of aromatic nitrogens is 1. The predicted molar refractivity (Wildman–Crippen MR) is 77.6 cm³/mol. The molecule has 0 unspecified atom stereocenters. The number of nitrogens with two attached hydrogens (primary N) is 1. The summed E-state index contributed by atoms with van der Waals surface area (Å²) in [6.45, 7) is 6.51. The lowest BCUT2D eigenvalue weighted by Crippen LogP contribution is -1.98. The van der Waals surface area contributed by atoms with Gasteiger partial charge >= 0.3 is 0 Å². The second-order valence-electron chi connectivity index (χ2n) is 4.01. The first-order chi connectivity index (χ1) is 8.54. The number of nitrogens with zero attached hydrogens (tertiary/aromatic N) is 1. The number of ether oxygens (including phenoxy) is 1. The van der Waals surface area contributed by atoms with Gasteiger partial charge in [-0.25, -0.2) is 4.98 Å². The summed E-state index contributed by atoms with van der Waals surface area (Å²) in [4.78, 5) is 4.31. The lowest BCUT2D eigenvalue weighted by Gasteiger charge is -2.14. The molecule has 2 aromatic rings. The largest absolute Gasteiger partial charge is 0.493 e. The van der Waals surface area contributed by atoms with Gasteiger partial charge in [-0.1, -0.05) is 11.6 Å². The highest BCUT2D eigenvalue weighted by molar-refractivity contribution is 7.13. The van der Waals surface area contributed by atoms with Gasteiger partial charge in [-0.3, -0.25) is 0 Å². The summed E-state index contributed by atoms with van der Waals surface area (Å²) >= 11 is 7.71. The van der Waals surface area contributed by atoms with Crippen LogP contribution in [0, 0.1) is 13.8 Å². The lowest BCUT2D eigenvalue weighted by atomic mass is 10.0. The van der Waals surface area contributed by atoms with Crippen molar-refractivity contribution < 1.29 is 4.74 Å². The first-order valence-electron chi connectivity index (χ1n) is 5.68. The van der Waals surface area contributed by atoms with Crippen molar-refractivity contribution in [1.29, 1.82) is 0 Å². The third-order valence-corrected chi connectivity index (χ3v) is 3.98.